The van der Waals surface area contributed by atoms with Crippen molar-refractivity contribution in [1.82, 2.24) is 25.4 Å². The molecule has 2 fully saturated rings. The van der Waals surface area contributed by atoms with E-state index in [0.717, 1.165) is 50.9 Å². The van der Waals surface area contributed by atoms with Crippen molar-refractivity contribution in [3.8, 4) is 5.88 Å². The van der Waals surface area contributed by atoms with Crippen molar-refractivity contribution in [3.05, 3.63) is 23.9 Å². The minimum Gasteiger partial charge on any atom is -0.477 e. The number of piperazine rings is 1. The highest BCUT2D eigenvalue weighted by molar-refractivity contribution is 5.80. The van der Waals surface area contributed by atoms with Gasteiger partial charge in [-0.2, -0.15) is 0 Å². The fourth-order valence-electron chi connectivity index (χ4n) is 3.38. The van der Waals surface area contributed by atoms with Crippen molar-refractivity contribution < 1.29 is 14.3 Å². The number of carbonyl (C=O) groups excluding carboxylic acids is 1. The van der Waals surface area contributed by atoms with Gasteiger partial charge < -0.3 is 25.0 Å². The quantitative estimate of drug-likeness (QED) is 0.302. The van der Waals surface area contributed by atoms with E-state index in [2.05, 4.69) is 32.3 Å². The molecule has 3 rings (SSSR count). The highest BCUT2D eigenvalue weighted by Gasteiger charge is 2.22. The maximum Gasteiger partial charge on any atom is 0.234 e. The van der Waals surface area contributed by atoms with Crippen molar-refractivity contribution >= 4 is 11.9 Å². The summed E-state index contributed by atoms with van der Waals surface area (Å²) in [6.45, 7) is 9.07. The number of nitrogens with one attached hydrogen (secondary N) is 2. The van der Waals surface area contributed by atoms with Gasteiger partial charge in [0, 0.05) is 58.6 Å². The third-order valence-corrected chi connectivity index (χ3v) is 5.38. The van der Waals surface area contributed by atoms with Gasteiger partial charge in [0.25, 0.3) is 0 Å². The second-order valence-electron chi connectivity index (χ2n) is 8.03. The normalized spacial score (nSPS) is 17.5. The molecular weight excluding hydrogens is 396 g/mol. The van der Waals surface area contributed by atoms with Crippen LogP contribution in [0.15, 0.2) is 23.3 Å². The molecule has 0 radical (unpaired) electrons. The summed E-state index contributed by atoms with van der Waals surface area (Å²) in [4.78, 5) is 25.6. The Bertz CT molecular complexity index is 717. The molecule has 1 aliphatic heterocycles. The third kappa shape index (κ3) is 8.34. The Hall–Kier alpha value is -2.39. The number of methoxy groups -OCH3 is 1. The van der Waals surface area contributed by atoms with Crippen LogP contribution in [0.2, 0.25) is 0 Å². The average molecular weight is 433 g/mol. The Morgan fingerprint density at radius 3 is 2.77 bits per heavy atom. The van der Waals surface area contributed by atoms with Gasteiger partial charge in [-0.15, -0.1) is 0 Å². The molecule has 2 N–H and O–H groups in total. The second-order valence-corrected chi connectivity index (χ2v) is 8.03. The number of pyridine rings is 1. The molecule has 31 heavy (non-hydrogen) atoms. The number of nitrogens with zero attached hydrogens (tertiary/aromatic N) is 4. The molecule has 9 heteroatoms. The Balaban J connectivity index is 1.47. The Morgan fingerprint density at radius 2 is 2.06 bits per heavy atom. The molecule has 2 aliphatic rings. The highest BCUT2D eigenvalue weighted by atomic mass is 16.5. The first-order valence-electron chi connectivity index (χ1n) is 11.3. The first-order valence-corrected chi connectivity index (χ1v) is 11.3. The number of guanidine groups is 1. The Labute approximate surface area is 185 Å². The SMILES string of the molecule is CCNC(=NCc1ccnc(OCC2CC2)c1)N1CCN(CC(=O)NCCOC)CC1. The molecule has 1 aromatic rings. The fourth-order valence-corrected chi connectivity index (χ4v) is 3.38. The zero-order valence-corrected chi connectivity index (χ0v) is 18.8. The van der Waals surface area contributed by atoms with Crippen molar-refractivity contribution in [2.24, 2.45) is 10.9 Å². The van der Waals surface area contributed by atoms with Crippen LogP contribution >= 0.6 is 0 Å². The number of ether oxygens (including phenoxy) is 2. The van der Waals surface area contributed by atoms with Crippen LogP contribution in [0.5, 0.6) is 5.88 Å². The van der Waals surface area contributed by atoms with Crippen molar-refractivity contribution in [2.75, 3.05) is 66.1 Å². The second kappa shape index (κ2) is 12.5. The van der Waals surface area contributed by atoms with Crippen LogP contribution in [0.1, 0.15) is 25.3 Å². The van der Waals surface area contributed by atoms with E-state index in [1.54, 1.807) is 13.3 Å². The van der Waals surface area contributed by atoms with Crippen LogP contribution in [-0.4, -0.2) is 92.8 Å². The van der Waals surface area contributed by atoms with E-state index in [4.69, 9.17) is 14.5 Å². The zero-order chi connectivity index (χ0) is 21.9. The molecule has 0 bridgehead atoms. The van der Waals surface area contributed by atoms with E-state index >= 15 is 0 Å². The number of hydrogen-bond donors (Lipinski definition) is 2. The molecule has 1 saturated carbocycles. The third-order valence-electron chi connectivity index (χ3n) is 5.38. The summed E-state index contributed by atoms with van der Waals surface area (Å²) in [6.07, 6.45) is 4.32. The van der Waals surface area contributed by atoms with Crippen molar-refractivity contribution in [2.45, 2.75) is 26.3 Å². The summed E-state index contributed by atoms with van der Waals surface area (Å²) in [6, 6.07) is 3.97. The van der Waals surface area contributed by atoms with E-state index in [1.165, 1.54) is 12.8 Å². The number of hydrogen-bond acceptors (Lipinski definition) is 6. The first kappa shape index (κ1) is 23.3. The largest absolute Gasteiger partial charge is 0.477 e. The first-order chi connectivity index (χ1) is 15.2. The minimum absolute atomic E-state index is 0.0449. The molecule has 1 aromatic heterocycles. The lowest BCUT2D eigenvalue weighted by molar-refractivity contribution is -0.122. The van der Waals surface area contributed by atoms with Gasteiger partial charge in [0.15, 0.2) is 5.96 Å². The summed E-state index contributed by atoms with van der Waals surface area (Å²) in [5.74, 6) is 2.34. The fraction of sp³-hybridized carbons (Fsp3) is 0.682. The number of rotatable bonds is 11. The number of carbonyl (C=O) groups is 1. The number of amides is 1. The molecule has 172 valence electrons. The number of aliphatic imine (C=N–C) groups is 1. The lowest BCUT2D eigenvalue weighted by atomic mass is 10.2. The average Bonchev–Trinajstić information content (AvgIpc) is 3.61. The Morgan fingerprint density at radius 1 is 1.26 bits per heavy atom. The van der Waals surface area contributed by atoms with E-state index in [0.29, 0.717) is 38.0 Å². The smallest absolute Gasteiger partial charge is 0.234 e. The lowest BCUT2D eigenvalue weighted by Crippen LogP contribution is -2.54. The summed E-state index contributed by atoms with van der Waals surface area (Å²) >= 11 is 0. The van der Waals surface area contributed by atoms with E-state index in [9.17, 15) is 4.79 Å². The van der Waals surface area contributed by atoms with E-state index < -0.39 is 0 Å². The van der Waals surface area contributed by atoms with Gasteiger partial charge >= 0.3 is 0 Å². The molecule has 0 atom stereocenters. The number of aromatic nitrogens is 1. The van der Waals surface area contributed by atoms with Crippen molar-refractivity contribution in [1.29, 1.82) is 0 Å². The van der Waals surface area contributed by atoms with Gasteiger partial charge in [-0.05, 0) is 37.3 Å². The molecule has 1 aliphatic carbocycles. The molecule has 9 nitrogen and oxygen atoms in total. The topological polar surface area (TPSA) is 91.3 Å². The van der Waals surface area contributed by atoms with Crippen LogP contribution in [0.25, 0.3) is 0 Å². The standard InChI is InChI=1S/C22H36N6O3/c1-3-23-22(26-15-19-6-7-25-21(14-19)31-17-18-4-5-18)28-11-9-27(10-12-28)16-20(29)24-8-13-30-2/h6-7,14,18H,3-5,8-13,15-17H2,1-2H3,(H,23,26)(H,24,29). The van der Waals surface area contributed by atoms with Crippen LogP contribution in [0, 0.1) is 5.92 Å². The molecule has 0 unspecified atom stereocenters. The molecule has 1 amide bonds. The summed E-state index contributed by atoms with van der Waals surface area (Å²) < 4.78 is 10.8. The van der Waals surface area contributed by atoms with Gasteiger partial charge in [0.05, 0.1) is 26.3 Å². The van der Waals surface area contributed by atoms with Crippen LogP contribution in [-0.2, 0) is 16.1 Å². The minimum atomic E-state index is 0.0449. The van der Waals surface area contributed by atoms with Crippen LogP contribution in [0.4, 0.5) is 0 Å². The van der Waals surface area contributed by atoms with Gasteiger partial charge in [0.2, 0.25) is 11.8 Å². The predicted molar refractivity (Wildman–Crippen MR) is 120 cm³/mol. The highest BCUT2D eigenvalue weighted by Crippen LogP contribution is 2.29. The summed E-state index contributed by atoms with van der Waals surface area (Å²) in [7, 11) is 1.63. The molecule has 1 saturated heterocycles. The summed E-state index contributed by atoms with van der Waals surface area (Å²) in [5, 5.41) is 6.27. The molecule has 0 spiro atoms. The van der Waals surface area contributed by atoms with Crippen molar-refractivity contribution in [3.63, 3.8) is 0 Å². The molecular formula is C22H36N6O3. The summed E-state index contributed by atoms with van der Waals surface area (Å²) in [5.41, 5.74) is 1.09. The van der Waals surface area contributed by atoms with Crippen LogP contribution in [0.3, 0.4) is 0 Å². The Kier molecular flexibility index (Phi) is 9.36. The van der Waals surface area contributed by atoms with E-state index in [-0.39, 0.29) is 5.91 Å². The molecule has 2 heterocycles. The van der Waals surface area contributed by atoms with Gasteiger partial charge in [-0.3, -0.25) is 9.69 Å². The van der Waals surface area contributed by atoms with Crippen LogP contribution < -0.4 is 15.4 Å². The van der Waals surface area contributed by atoms with Gasteiger partial charge in [0.1, 0.15) is 0 Å². The predicted octanol–water partition coefficient (Wildman–Crippen LogP) is 0.716. The molecule has 0 aromatic carbocycles. The lowest BCUT2D eigenvalue weighted by Gasteiger charge is -2.36. The maximum atomic E-state index is 12.0. The van der Waals surface area contributed by atoms with Gasteiger partial charge in [-0.25, -0.2) is 9.98 Å². The van der Waals surface area contributed by atoms with E-state index in [1.807, 2.05) is 12.1 Å². The zero-order valence-electron chi connectivity index (χ0n) is 18.8. The van der Waals surface area contributed by atoms with Gasteiger partial charge in [-0.1, -0.05) is 0 Å². The maximum absolute atomic E-state index is 12.0. The monoisotopic (exact) mass is 432 g/mol.